The molecule has 3 aromatic rings. The summed E-state index contributed by atoms with van der Waals surface area (Å²) in [4.78, 5) is 2.75. The van der Waals surface area contributed by atoms with Gasteiger partial charge in [0.05, 0.1) is 5.54 Å². The fourth-order valence-electron chi connectivity index (χ4n) is 11.0. The van der Waals surface area contributed by atoms with Gasteiger partial charge in [-0.1, -0.05) is 71.4 Å². The summed E-state index contributed by atoms with van der Waals surface area (Å²) in [6, 6.07) is 12.4. The third-order valence-corrected chi connectivity index (χ3v) is 13.2. The first-order valence-electron chi connectivity index (χ1n) is 18.5. The lowest BCUT2D eigenvalue weighted by atomic mass is 9.58. The van der Waals surface area contributed by atoms with Crippen LogP contribution in [0.4, 0.5) is 5.69 Å². The van der Waals surface area contributed by atoms with Crippen molar-refractivity contribution in [2.45, 2.75) is 137 Å². The molecule has 0 spiro atoms. The summed E-state index contributed by atoms with van der Waals surface area (Å²) in [5.41, 5.74) is 20.3. The van der Waals surface area contributed by atoms with Gasteiger partial charge in [-0.15, -0.1) is 0 Å². The lowest BCUT2D eigenvalue weighted by Gasteiger charge is -2.53. The Hall–Kier alpha value is -3.39. The van der Waals surface area contributed by atoms with Gasteiger partial charge < -0.3 is 4.90 Å². The first-order chi connectivity index (χ1) is 22.2. The zero-order chi connectivity index (χ0) is 34.7. The fourth-order valence-corrected chi connectivity index (χ4v) is 11.0. The van der Waals surface area contributed by atoms with Gasteiger partial charge in [0.2, 0.25) is 5.36 Å². The van der Waals surface area contributed by atoms with Crippen LogP contribution >= 0.6 is 0 Å². The number of benzene rings is 3. The van der Waals surface area contributed by atoms with Crippen LogP contribution in [-0.4, -0.2) is 24.2 Å². The van der Waals surface area contributed by atoms with Crippen molar-refractivity contribution in [3.05, 3.63) is 109 Å². The SMILES string of the molecule is CC1=CC(C)(C)N2CCC(C)(C)c3c2c1cc1c3C(C)(C)c2c3c4c(cc2=C1c1ccc(C)cc1C)C(C)=CC(C)(C)[N+]=4CCC3(C)C. The first kappa shape index (κ1) is 31.9. The minimum absolute atomic E-state index is 0.0175. The molecule has 0 bridgehead atoms. The minimum atomic E-state index is -0.194. The highest BCUT2D eigenvalue weighted by Crippen LogP contribution is 2.57. The maximum Gasteiger partial charge on any atom is 0.212 e. The van der Waals surface area contributed by atoms with Crippen molar-refractivity contribution >= 4 is 22.4 Å². The van der Waals surface area contributed by atoms with Gasteiger partial charge in [-0.05, 0) is 127 Å². The number of hydrogen-bond acceptors (Lipinski definition) is 1. The Morgan fingerprint density at radius 1 is 0.625 bits per heavy atom. The van der Waals surface area contributed by atoms with Crippen molar-refractivity contribution in [3.63, 3.8) is 0 Å². The van der Waals surface area contributed by atoms with Crippen LogP contribution in [0.1, 0.15) is 152 Å². The highest BCUT2D eigenvalue weighted by molar-refractivity contribution is 5.95. The number of fused-ring (bicyclic) bond motifs is 4. The molecule has 3 aromatic carbocycles. The molecule has 2 heteroatoms. The Morgan fingerprint density at radius 2 is 1.29 bits per heavy atom. The van der Waals surface area contributed by atoms with E-state index in [0.29, 0.717) is 0 Å². The third kappa shape index (κ3) is 4.01. The molecule has 0 saturated carbocycles. The summed E-state index contributed by atoms with van der Waals surface area (Å²) < 4.78 is 2.75. The van der Waals surface area contributed by atoms with E-state index >= 15 is 0 Å². The van der Waals surface area contributed by atoms with E-state index in [1.54, 1.807) is 22.3 Å². The van der Waals surface area contributed by atoms with E-state index in [4.69, 9.17) is 0 Å². The number of anilines is 1. The highest BCUT2D eigenvalue weighted by Gasteiger charge is 2.51. The molecule has 5 aliphatic rings. The zero-order valence-corrected chi connectivity index (χ0v) is 32.3. The molecule has 0 fully saturated rings. The number of hydrogen-bond donors (Lipinski definition) is 0. The van der Waals surface area contributed by atoms with Crippen LogP contribution in [0.3, 0.4) is 0 Å². The van der Waals surface area contributed by atoms with E-state index in [-0.39, 0.29) is 27.3 Å². The Labute approximate surface area is 290 Å². The number of rotatable bonds is 1. The van der Waals surface area contributed by atoms with Gasteiger partial charge in [-0.2, -0.15) is 0 Å². The van der Waals surface area contributed by atoms with Crippen LogP contribution in [0, 0.1) is 13.8 Å². The van der Waals surface area contributed by atoms with Crippen LogP contribution in [0.15, 0.2) is 42.5 Å². The molecule has 0 aromatic heterocycles. The molecule has 4 heterocycles. The van der Waals surface area contributed by atoms with E-state index in [1.807, 2.05) is 0 Å². The molecular formula is C46H57N2+. The van der Waals surface area contributed by atoms with Gasteiger partial charge in [0.25, 0.3) is 0 Å². The van der Waals surface area contributed by atoms with Crippen molar-refractivity contribution in [2.24, 2.45) is 0 Å². The van der Waals surface area contributed by atoms with Crippen molar-refractivity contribution in [3.8, 4) is 0 Å². The number of nitrogens with zero attached hydrogens (tertiary/aromatic N) is 2. The molecule has 0 saturated heterocycles. The maximum absolute atomic E-state index is 2.75. The fraction of sp³-hybridized carbons (Fsp3) is 0.500. The topological polar surface area (TPSA) is 6.25 Å². The van der Waals surface area contributed by atoms with Gasteiger partial charge in [-0.25, -0.2) is 4.58 Å². The Kier molecular flexibility index (Phi) is 6.26. The lowest BCUT2D eigenvalue weighted by molar-refractivity contribution is 0.311. The van der Waals surface area contributed by atoms with Crippen molar-refractivity contribution in [2.75, 3.05) is 18.0 Å². The minimum Gasteiger partial charge on any atom is -0.362 e. The molecule has 1 aliphatic carbocycles. The molecule has 250 valence electrons. The van der Waals surface area contributed by atoms with E-state index in [1.165, 1.54) is 66.4 Å². The normalized spacial score (nSPS) is 23.0. The van der Waals surface area contributed by atoms with Crippen LogP contribution in [0.5, 0.6) is 0 Å². The monoisotopic (exact) mass is 637 g/mol. The average Bonchev–Trinajstić information content (AvgIpc) is 2.95. The zero-order valence-electron chi connectivity index (χ0n) is 32.3. The predicted molar refractivity (Wildman–Crippen MR) is 206 cm³/mol. The van der Waals surface area contributed by atoms with Gasteiger partial charge in [-0.3, -0.25) is 0 Å². The summed E-state index contributed by atoms with van der Waals surface area (Å²) in [7, 11) is 0. The highest BCUT2D eigenvalue weighted by atomic mass is 15.2. The van der Waals surface area contributed by atoms with E-state index in [9.17, 15) is 0 Å². The second kappa shape index (κ2) is 9.43. The molecule has 0 radical (unpaired) electrons. The van der Waals surface area contributed by atoms with Gasteiger partial charge >= 0.3 is 0 Å². The standard InChI is InChI=1S/C46H57N2/c1-26-15-16-30(27(2)21-26)35-33-22-31-28(3)24-44(9,10)47-19-17-42(5,6)38(40(31)47)36(33)46(13,14)37-34(35)23-32-29(4)25-45(11,12)48-20-18-43(7,8)39(37)41(32)48/h15-16,21-25H,17-20H2,1-14H3/q+1. The Balaban J connectivity index is 1.68. The third-order valence-electron chi connectivity index (χ3n) is 13.2. The van der Waals surface area contributed by atoms with Crippen LogP contribution in [0.25, 0.3) is 16.7 Å². The quantitative estimate of drug-likeness (QED) is 0.241. The van der Waals surface area contributed by atoms with Crippen molar-refractivity contribution in [1.82, 2.24) is 4.58 Å². The van der Waals surface area contributed by atoms with E-state index in [0.717, 1.165) is 25.9 Å². The van der Waals surface area contributed by atoms with Crippen LogP contribution in [0.2, 0.25) is 0 Å². The molecule has 48 heavy (non-hydrogen) atoms. The number of allylic oxidation sites excluding steroid dienone is 2. The average molecular weight is 638 g/mol. The van der Waals surface area contributed by atoms with E-state index in [2.05, 4.69) is 149 Å². The predicted octanol–water partition coefficient (Wildman–Crippen LogP) is 9.24. The summed E-state index contributed by atoms with van der Waals surface area (Å²) in [6.45, 7) is 36.4. The van der Waals surface area contributed by atoms with Gasteiger partial charge in [0.15, 0.2) is 5.54 Å². The molecule has 0 amide bonds. The van der Waals surface area contributed by atoms with Gasteiger partial charge in [0.1, 0.15) is 6.54 Å². The number of aryl methyl sites for hydroxylation is 2. The van der Waals surface area contributed by atoms with Crippen molar-refractivity contribution in [1.29, 1.82) is 0 Å². The Morgan fingerprint density at radius 3 is 1.98 bits per heavy atom. The summed E-state index contributed by atoms with van der Waals surface area (Å²) >= 11 is 0. The smallest absolute Gasteiger partial charge is 0.212 e. The first-order valence-corrected chi connectivity index (χ1v) is 18.5. The largest absolute Gasteiger partial charge is 0.362 e. The molecule has 0 atom stereocenters. The molecule has 0 N–H and O–H groups in total. The maximum atomic E-state index is 2.75. The molecule has 4 aliphatic heterocycles. The summed E-state index contributed by atoms with van der Waals surface area (Å²) in [5, 5.41) is 2.95. The molecule has 8 rings (SSSR count). The molecular weight excluding hydrogens is 581 g/mol. The van der Waals surface area contributed by atoms with Crippen LogP contribution < -0.4 is 20.1 Å². The molecule has 2 nitrogen and oxygen atoms in total. The van der Waals surface area contributed by atoms with E-state index < -0.39 is 0 Å². The van der Waals surface area contributed by atoms with Gasteiger partial charge in [0, 0.05) is 60.0 Å². The molecule has 0 unspecified atom stereocenters. The summed E-state index contributed by atoms with van der Waals surface area (Å²) in [6.07, 6.45) is 7.36. The van der Waals surface area contributed by atoms with Crippen molar-refractivity contribution < 1.29 is 0 Å². The second-order valence-corrected chi connectivity index (χ2v) is 19.0. The summed E-state index contributed by atoms with van der Waals surface area (Å²) in [5.74, 6) is 0. The second-order valence-electron chi connectivity index (χ2n) is 19.0. The van der Waals surface area contributed by atoms with Crippen LogP contribution in [-0.2, 0) is 16.2 Å². The Bertz CT molecular complexity index is 2190. The lowest BCUT2D eigenvalue weighted by Crippen LogP contribution is -2.58.